The number of nitrogens with zero attached hydrogens (tertiary/aromatic N) is 3. The van der Waals surface area contributed by atoms with Gasteiger partial charge in [0.25, 0.3) is 0 Å². The molecule has 1 heterocycles. The van der Waals surface area contributed by atoms with Gasteiger partial charge in [-0.3, -0.25) is 9.80 Å². The quantitative estimate of drug-likeness (QED) is 0.0361. The molecule has 0 radical (unpaired) electrons. The van der Waals surface area contributed by atoms with Gasteiger partial charge in [0.1, 0.15) is 72.9 Å². The molecule has 0 unspecified atom stereocenters. The van der Waals surface area contributed by atoms with Crippen LogP contribution in [0.1, 0.15) is 54.3 Å². The number of benzene rings is 1. The van der Waals surface area contributed by atoms with Crippen molar-refractivity contribution in [1.82, 2.24) is 14.7 Å². The number of allylic oxidation sites excluding steroid dienone is 2. The number of hydrogen-bond donors (Lipinski definition) is 0. The zero-order valence-corrected chi connectivity index (χ0v) is 42.4. The van der Waals surface area contributed by atoms with Gasteiger partial charge in [-0.25, -0.2) is 57.6 Å². The number of urea groups is 2. The van der Waals surface area contributed by atoms with E-state index in [-0.39, 0.29) is 96.3 Å². The van der Waals surface area contributed by atoms with Crippen LogP contribution in [0, 0.1) is 0 Å². The maximum atomic E-state index is 14.2. The first-order valence-corrected chi connectivity index (χ1v) is 23.2. The van der Waals surface area contributed by atoms with Crippen LogP contribution >= 0.6 is 0 Å². The third-order valence-corrected chi connectivity index (χ3v) is 10.0. The van der Waals surface area contributed by atoms with Crippen LogP contribution in [0.15, 0.2) is 120 Å². The van der Waals surface area contributed by atoms with Crippen molar-refractivity contribution in [2.45, 2.75) is 33.6 Å². The number of esters is 9. The molecular formula is C52H59N3O21. The molecule has 0 aromatic heterocycles. The lowest BCUT2D eigenvalue weighted by Crippen LogP contribution is -2.57. The predicted molar refractivity (Wildman–Crippen MR) is 263 cm³/mol. The van der Waals surface area contributed by atoms with E-state index in [0.717, 1.165) is 22.0 Å². The van der Waals surface area contributed by atoms with Gasteiger partial charge >= 0.3 is 65.8 Å². The summed E-state index contributed by atoms with van der Waals surface area (Å²) in [5, 5.41) is 0. The average Bonchev–Trinajstić information content (AvgIpc) is 3.40. The summed E-state index contributed by atoms with van der Waals surface area (Å²) in [6, 6.07) is 3.38. The lowest BCUT2D eigenvalue weighted by atomic mass is 9.98. The average molecular weight is 1060 g/mol. The van der Waals surface area contributed by atoms with Crippen LogP contribution in [-0.4, -0.2) is 173 Å². The van der Waals surface area contributed by atoms with Gasteiger partial charge in [0.2, 0.25) is 0 Å². The van der Waals surface area contributed by atoms with Crippen LogP contribution in [0.25, 0.3) is 0 Å². The molecule has 1 aromatic carbocycles. The van der Waals surface area contributed by atoms with E-state index in [1.165, 1.54) is 57.2 Å². The minimum absolute atomic E-state index is 0.0949. The van der Waals surface area contributed by atoms with Gasteiger partial charge in [-0.2, -0.15) is 0 Å². The monoisotopic (exact) mass is 1060 g/mol. The summed E-state index contributed by atoms with van der Waals surface area (Å²) in [7, 11) is 0. The molecule has 0 atom stereocenters. The highest BCUT2D eigenvalue weighted by Crippen LogP contribution is 2.22. The Balaban J connectivity index is 1.75. The van der Waals surface area contributed by atoms with Crippen molar-refractivity contribution in [2.24, 2.45) is 0 Å². The fourth-order valence-corrected chi connectivity index (χ4v) is 6.18. The molecular weight excluding hydrogens is 1000 g/mol. The topological polar surface area (TPSA) is 290 Å². The van der Waals surface area contributed by atoms with E-state index in [1.54, 1.807) is 0 Å². The van der Waals surface area contributed by atoms with E-state index in [1.807, 2.05) is 0 Å². The second-order valence-corrected chi connectivity index (χ2v) is 15.9. The first kappa shape index (κ1) is 61.4. The lowest BCUT2D eigenvalue weighted by Gasteiger charge is -2.36. The van der Waals surface area contributed by atoms with Crippen molar-refractivity contribution >= 4 is 65.8 Å². The molecule has 0 saturated carbocycles. The van der Waals surface area contributed by atoms with Gasteiger partial charge in [0.05, 0.1) is 53.1 Å². The second-order valence-electron chi connectivity index (χ2n) is 15.9. The number of ether oxygens (including phenoxy) is 10. The van der Waals surface area contributed by atoms with E-state index in [9.17, 15) is 52.7 Å². The number of imide groups is 1. The number of carbonyl (C=O) groups is 11. The summed E-state index contributed by atoms with van der Waals surface area (Å²) in [5.41, 5.74) is -0.978. The minimum atomic E-state index is -1.09. The first-order valence-electron chi connectivity index (χ1n) is 23.2. The van der Waals surface area contributed by atoms with Crippen LogP contribution in [-0.2, 0) is 80.9 Å². The van der Waals surface area contributed by atoms with Gasteiger partial charge in [0, 0.05) is 16.7 Å². The maximum absolute atomic E-state index is 14.2. The van der Waals surface area contributed by atoms with Crippen LogP contribution < -0.4 is 0 Å². The van der Waals surface area contributed by atoms with Gasteiger partial charge in [-0.1, -0.05) is 69.3 Å². The van der Waals surface area contributed by atoms with Gasteiger partial charge < -0.3 is 47.4 Å². The molecule has 2 aliphatic rings. The maximum Gasteiger partial charge on any atom is 0.339 e. The number of rotatable bonds is 29. The molecule has 1 aliphatic carbocycles. The van der Waals surface area contributed by atoms with Crippen LogP contribution in [0.3, 0.4) is 0 Å². The zero-order valence-electron chi connectivity index (χ0n) is 42.4. The van der Waals surface area contributed by atoms with Crippen molar-refractivity contribution < 1.29 is 100 Å². The van der Waals surface area contributed by atoms with E-state index in [2.05, 4.69) is 32.9 Å². The molecule has 0 N–H and O–H groups in total. The highest BCUT2D eigenvalue weighted by molar-refractivity contribution is 6.07. The number of carbonyl (C=O) groups excluding carboxylic acids is 11. The molecule has 1 aromatic rings. The Morgan fingerprint density at radius 3 is 1.18 bits per heavy atom. The SMILES string of the molecule is C=C/C(C(=O)OCCOC(=O)C(=C)C)=C(\C=C)C(=O)OCCN1COCN(CCOC(=O)C2=CCCC=C2C(=O)OCCOC(=O)C(=C)C)C(=O)N(CCOC(=O)c2ccccc2C(=O)OCCOC(=O)C(=C)C)C1=O. The zero-order chi connectivity index (χ0) is 56.3. The van der Waals surface area contributed by atoms with Crippen molar-refractivity contribution in [1.29, 1.82) is 0 Å². The second kappa shape index (κ2) is 31.6. The first-order chi connectivity index (χ1) is 36.2. The molecule has 3 rings (SSSR count). The Morgan fingerprint density at radius 1 is 0.474 bits per heavy atom. The Labute approximate surface area is 437 Å². The van der Waals surface area contributed by atoms with E-state index in [4.69, 9.17) is 47.4 Å². The smallest absolute Gasteiger partial charge is 0.339 e. The summed E-state index contributed by atoms with van der Waals surface area (Å²) in [4.78, 5) is 144. The summed E-state index contributed by atoms with van der Waals surface area (Å²) in [5.74, 6) is -8.03. The Kier molecular flexibility index (Phi) is 25.5. The van der Waals surface area contributed by atoms with Crippen molar-refractivity contribution in [3.8, 4) is 0 Å². The number of amides is 4. The predicted octanol–water partition coefficient (Wildman–Crippen LogP) is 3.94. The molecule has 1 saturated heterocycles. The van der Waals surface area contributed by atoms with Crippen molar-refractivity contribution in [3.05, 3.63) is 132 Å². The fraction of sp³-hybridized carbons (Fsp3) is 0.365. The molecule has 1 aliphatic heterocycles. The Bertz CT molecular complexity index is 2570. The molecule has 1 fully saturated rings. The normalized spacial score (nSPS) is 13.6. The number of hydrogen-bond acceptors (Lipinski definition) is 21. The summed E-state index contributed by atoms with van der Waals surface area (Å²) in [6.45, 7) is 15.8. The minimum Gasteiger partial charge on any atom is -0.460 e. The van der Waals surface area contributed by atoms with Gasteiger partial charge in [-0.15, -0.1) is 0 Å². The molecule has 24 nitrogen and oxygen atoms in total. The van der Waals surface area contributed by atoms with Crippen molar-refractivity contribution in [2.75, 3.05) is 92.6 Å². The third kappa shape index (κ3) is 19.2. The van der Waals surface area contributed by atoms with Crippen molar-refractivity contribution in [3.63, 3.8) is 0 Å². The summed E-state index contributed by atoms with van der Waals surface area (Å²) < 4.78 is 52.0. The fourth-order valence-electron chi connectivity index (χ4n) is 6.18. The van der Waals surface area contributed by atoms with E-state index >= 15 is 0 Å². The molecule has 4 amide bonds. The van der Waals surface area contributed by atoms with Crippen LogP contribution in [0.5, 0.6) is 0 Å². The summed E-state index contributed by atoms with van der Waals surface area (Å²) in [6.07, 6.45) is 5.77. The highest BCUT2D eigenvalue weighted by atomic mass is 16.6. The third-order valence-electron chi connectivity index (χ3n) is 10.0. The van der Waals surface area contributed by atoms with E-state index in [0.29, 0.717) is 17.7 Å². The standard InChI is InChI=1S/C52H59N3O21/c1-9-36(37(10-2)46(60)74-28-25-71-42(56)33(3)4)45(59)68-22-19-53-31-67-32-54(20-23-69-47(61)38-15-11-13-17-40(38)49(63)75-29-26-72-43(57)34(5)6)52(66)55(51(53)65)21-24-70-48(62)39-16-12-14-18-41(39)50(64)76-30-27-73-44(58)35(7)8/h9-10,12,14-18H,1-3,5,7,11,13,19-32H2,4,6,8H3/b37-36-. The molecule has 408 valence electrons. The van der Waals surface area contributed by atoms with Gasteiger partial charge in [0.15, 0.2) is 0 Å². The van der Waals surface area contributed by atoms with Crippen LogP contribution in [0.2, 0.25) is 0 Å². The highest BCUT2D eigenvalue weighted by Gasteiger charge is 2.34. The molecule has 0 bridgehead atoms. The largest absolute Gasteiger partial charge is 0.460 e. The molecule has 0 spiro atoms. The summed E-state index contributed by atoms with van der Waals surface area (Å²) >= 11 is 0. The van der Waals surface area contributed by atoms with Gasteiger partial charge in [-0.05, 0) is 45.7 Å². The Hall–Kier alpha value is -8.93. The Morgan fingerprint density at radius 2 is 0.789 bits per heavy atom. The van der Waals surface area contributed by atoms with E-state index < -0.39 is 112 Å². The molecule has 24 heteroatoms. The van der Waals surface area contributed by atoms with Crippen LogP contribution in [0.4, 0.5) is 9.59 Å². The lowest BCUT2D eigenvalue weighted by molar-refractivity contribution is -0.147. The molecule has 76 heavy (non-hydrogen) atoms.